The van der Waals surface area contributed by atoms with E-state index < -0.39 is 11.7 Å². The van der Waals surface area contributed by atoms with Gasteiger partial charge in [0.2, 0.25) is 5.96 Å². The number of carbonyl (C=O) groups is 1. The number of nitrogens with zero attached hydrogens (tertiary/aromatic N) is 1. The molecule has 1 heterocycles. The van der Waals surface area contributed by atoms with E-state index in [2.05, 4.69) is 26.5 Å². The summed E-state index contributed by atoms with van der Waals surface area (Å²) in [6, 6.07) is 10.1. The van der Waals surface area contributed by atoms with Gasteiger partial charge < -0.3 is 10.6 Å². The predicted octanol–water partition coefficient (Wildman–Crippen LogP) is 3.66. The number of hydrazine groups is 1. The van der Waals surface area contributed by atoms with Crippen LogP contribution in [0.15, 0.2) is 47.5 Å². The average molecular weight is 436 g/mol. The van der Waals surface area contributed by atoms with Gasteiger partial charge in [0, 0.05) is 24.1 Å². The molecule has 2 aromatic carbocycles. The molecule has 1 saturated heterocycles. The van der Waals surface area contributed by atoms with Crippen molar-refractivity contribution in [2.75, 3.05) is 0 Å². The minimum Gasteiger partial charge on any atom is -0.354 e. The number of guanidine groups is 1. The molecule has 6 nitrogen and oxygen atoms in total. The second-order valence-corrected chi connectivity index (χ2v) is 7.58. The highest BCUT2D eigenvalue weighted by atomic mass is 35.5. The Hall–Kier alpha value is -2.55. The molecule has 1 amide bonds. The lowest BCUT2D eigenvalue weighted by Crippen LogP contribution is -2.51. The molecular weight excluding hydrogens is 412 g/mol. The highest BCUT2D eigenvalue weighted by Crippen LogP contribution is 2.21. The Labute approximate surface area is 179 Å². The summed E-state index contributed by atoms with van der Waals surface area (Å²) in [4.78, 5) is 16.6. The molecule has 0 aromatic heterocycles. The maximum atomic E-state index is 13.7. The van der Waals surface area contributed by atoms with Crippen LogP contribution in [0, 0.1) is 11.6 Å². The Morgan fingerprint density at radius 2 is 1.97 bits per heavy atom. The Bertz CT molecular complexity index is 922. The van der Waals surface area contributed by atoms with E-state index in [1.807, 2.05) is 13.8 Å². The van der Waals surface area contributed by atoms with Crippen molar-refractivity contribution >= 4 is 23.5 Å². The van der Waals surface area contributed by atoms with Crippen LogP contribution in [0.1, 0.15) is 48.7 Å². The Balaban J connectivity index is 1.72. The van der Waals surface area contributed by atoms with Crippen molar-refractivity contribution in [1.29, 1.82) is 0 Å². The van der Waals surface area contributed by atoms with Gasteiger partial charge in [-0.25, -0.2) is 19.6 Å². The van der Waals surface area contributed by atoms with Gasteiger partial charge in [0.25, 0.3) is 5.91 Å². The number of rotatable bonds is 5. The van der Waals surface area contributed by atoms with Gasteiger partial charge in [0.1, 0.15) is 11.6 Å². The Morgan fingerprint density at radius 1 is 1.23 bits per heavy atom. The van der Waals surface area contributed by atoms with Crippen LogP contribution < -0.4 is 21.5 Å². The van der Waals surface area contributed by atoms with Gasteiger partial charge in [-0.1, -0.05) is 30.7 Å². The molecule has 9 heteroatoms. The van der Waals surface area contributed by atoms with Gasteiger partial charge >= 0.3 is 0 Å². The number of carbonyl (C=O) groups excluding carboxylic acids is 1. The van der Waals surface area contributed by atoms with Gasteiger partial charge in [-0.3, -0.25) is 4.79 Å². The molecule has 3 atom stereocenters. The highest BCUT2D eigenvalue weighted by molar-refractivity contribution is 6.30. The minimum absolute atomic E-state index is 0.0333. The number of benzene rings is 2. The topological polar surface area (TPSA) is 77.5 Å². The van der Waals surface area contributed by atoms with E-state index in [1.54, 1.807) is 12.1 Å². The van der Waals surface area contributed by atoms with Crippen LogP contribution in [-0.2, 0) is 0 Å². The molecule has 0 aliphatic carbocycles. The second kappa shape index (κ2) is 9.97. The zero-order chi connectivity index (χ0) is 21.7. The summed E-state index contributed by atoms with van der Waals surface area (Å²) >= 11 is 5.68. The molecule has 4 N–H and O–H groups in total. The molecule has 3 rings (SSSR count). The smallest absolute Gasteiger partial charge is 0.280 e. The second-order valence-electron chi connectivity index (χ2n) is 7.17. The number of nitrogens with one attached hydrogen (secondary N) is 4. The van der Waals surface area contributed by atoms with Crippen LogP contribution in [0.4, 0.5) is 8.78 Å². The zero-order valence-electron chi connectivity index (χ0n) is 16.7. The van der Waals surface area contributed by atoms with Crippen molar-refractivity contribution in [1.82, 2.24) is 21.5 Å². The lowest BCUT2D eigenvalue weighted by atomic mass is 10.0. The standard InChI is InChI=1S/C21H24ClF2N5O/c1-3-12(2)25-21(27-20(30)14-6-9-16(22)17(24)10-14)26-19-11-18(28-29-19)13-4-7-15(23)8-5-13/h4-10,12,18-19,28-29H,3,11H2,1-2H3,(H2,25,26,27,30). The molecule has 0 radical (unpaired) electrons. The van der Waals surface area contributed by atoms with Crippen molar-refractivity contribution in [3.05, 3.63) is 70.2 Å². The van der Waals surface area contributed by atoms with Crippen molar-refractivity contribution < 1.29 is 13.6 Å². The molecule has 160 valence electrons. The summed E-state index contributed by atoms with van der Waals surface area (Å²) in [7, 11) is 0. The van der Waals surface area contributed by atoms with Gasteiger partial charge in [-0.05, 0) is 49.2 Å². The Kier molecular flexibility index (Phi) is 7.36. The molecule has 3 unspecified atom stereocenters. The first-order chi connectivity index (χ1) is 14.4. The minimum atomic E-state index is -0.675. The van der Waals surface area contributed by atoms with Crippen LogP contribution in [0.3, 0.4) is 0 Å². The van der Waals surface area contributed by atoms with E-state index in [-0.39, 0.29) is 40.6 Å². The van der Waals surface area contributed by atoms with Crippen molar-refractivity contribution in [3.63, 3.8) is 0 Å². The third-order valence-corrected chi connectivity index (χ3v) is 5.17. The lowest BCUT2D eigenvalue weighted by Gasteiger charge is -2.20. The van der Waals surface area contributed by atoms with Crippen molar-refractivity contribution in [2.24, 2.45) is 4.99 Å². The molecule has 0 bridgehead atoms. The third-order valence-electron chi connectivity index (χ3n) is 4.86. The first kappa shape index (κ1) is 22.1. The third kappa shape index (κ3) is 5.75. The average Bonchev–Trinajstić information content (AvgIpc) is 3.18. The fourth-order valence-electron chi connectivity index (χ4n) is 2.97. The number of amides is 1. The van der Waals surface area contributed by atoms with E-state index in [0.717, 1.165) is 18.1 Å². The quantitative estimate of drug-likeness (QED) is 0.426. The first-order valence-electron chi connectivity index (χ1n) is 9.73. The fraction of sp³-hybridized carbons (Fsp3) is 0.333. The van der Waals surface area contributed by atoms with Crippen LogP contribution in [0.5, 0.6) is 0 Å². The van der Waals surface area contributed by atoms with E-state index >= 15 is 0 Å². The van der Waals surface area contributed by atoms with Crippen molar-refractivity contribution in [3.8, 4) is 0 Å². The van der Waals surface area contributed by atoms with E-state index in [9.17, 15) is 13.6 Å². The highest BCUT2D eigenvalue weighted by Gasteiger charge is 2.26. The molecule has 0 spiro atoms. The summed E-state index contributed by atoms with van der Waals surface area (Å²) in [6.45, 7) is 3.97. The van der Waals surface area contributed by atoms with Crippen LogP contribution >= 0.6 is 11.6 Å². The van der Waals surface area contributed by atoms with Crippen LogP contribution in [-0.4, -0.2) is 24.1 Å². The molecular formula is C21H24ClF2N5O. The van der Waals surface area contributed by atoms with Crippen molar-refractivity contribution in [2.45, 2.75) is 44.9 Å². The maximum Gasteiger partial charge on any atom is 0.280 e. The molecule has 1 fully saturated rings. The number of hydrogen-bond donors (Lipinski definition) is 4. The van der Waals surface area contributed by atoms with E-state index in [0.29, 0.717) is 6.42 Å². The monoisotopic (exact) mass is 435 g/mol. The molecule has 2 aromatic rings. The lowest BCUT2D eigenvalue weighted by molar-refractivity contribution is 0.100. The summed E-state index contributed by atoms with van der Waals surface area (Å²) in [5.74, 6) is -1.27. The normalized spacial score (nSPS) is 20.1. The first-order valence-corrected chi connectivity index (χ1v) is 10.1. The Morgan fingerprint density at radius 3 is 2.63 bits per heavy atom. The van der Waals surface area contributed by atoms with Crippen LogP contribution in [0.25, 0.3) is 0 Å². The van der Waals surface area contributed by atoms with Gasteiger partial charge in [0.05, 0.1) is 11.2 Å². The largest absolute Gasteiger partial charge is 0.354 e. The molecule has 0 saturated carbocycles. The van der Waals surface area contributed by atoms with E-state index in [1.165, 1.54) is 24.3 Å². The fourth-order valence-corrected chi connectivity index (χ4v) is 3.08. The number of hydrogen-bond acceptors (Lipinski definition) is 3. The van der Waals surface area contributed by atoms with Gasteiger partial charge in [0.15, 0.2) is 0 Å². The summed E-state index contributed by atoms with van der Waals surface area (Å²) in [5, 5.41) is 6.28. The maximum absolute atomic E-state index is 13.7. The SMILES string of the molecule is CCC(C)N/C(=N/C(=O)c1ccc(Cl)c(F)c1)NC1CC(c2ccc(F)cc2)NN1. The zero-order valence-corrected chi connectivity index (χ0v) is 17.4. The summed E-state index contributed by atoms with van der Waals surface area (Å²) in [6.07, 6.45) is 1.22. The number of halogens is 3. The molecule has 1 aliphatic heterocycles. The van der Waals surface area contributed by atoms with E-state index in [4.69, 9.17) is 11.6 Å². The number of aliphatic imine (C=N–C) groups is 1. The molecule has 30 heavy (non-hydrogen) atoms. The predicted molar refractivity (Wildman–Crippen MR) is 113 cm³/mol. The van der Waals surface area contributed by atoms with Crippen LogP contribution in [0.2, 0.25) is 5.02 Å². The summed E-state index contributed by atoms with van der Waals surface area (Å²) in [5.41, 5.74) is 7.29. The van der Waals surface area contributed by atoms with Gasteiger partial charge in [-0.15, -0.1) is 0 Å². The van der Waals surface area contributed by atoms with Gasteiger partial charge in [-0.2, -0.15) is 4.99 Å². The summed E-state index contributed by atoms with van der Waals surface area (Å²) < 4.78 is 26.8. The molecule has 1 aliphatic rings.